The molecule has 1 aromatic heterocycles. The molecule has 1 saturated heterocycles. The van der Waals surface area contributed by atoms with Crippen LogP contribution in [-0.2, 0) is 10.0 Å². The molecule has 30 heavy (non-hydrogen) atoms. The maximum Gasteiger partial charge on any atom is 0.244 e. The minimum absolute atomic E-state index is 0.0899. The van der Waals surface area contributed by atoms with Gasteiger partial charge < -0.3 is 4.90 Å². The van der Waals surface area contributed by atoms with Crippen LogP contribution in [0.5, 0.6) is 0 Å². The maximum atomic E-state index is 13.3. The van der Waals surface area contributed by atoms with Crippen LogP contribution in [0.15, 0.2) is 46.7 Å². The van der Waals surface area contributed by atoms with E-state index < -0.39 is 15.8 Å². The molecule has 3 aromatic rings. The number of sulfonamides is 1. The number of aromatic nitrogens is 1. The lowest BCUT2D eigenvalue weighted by Crippen LogP contribution is -2.48. The zero-order valence-corrected chi connectivity index (χ0v) is 19.3. The van der Waals surface area contributed by atoms with Crippen LogP contribution in [0, 0.1) is 5.82 Å². The van der Waals surface area contributed by atoms with Crippen LogP contribution in [0.25, 0.3) is 11.3 Å². The van der Waals surface area contributed by atoms with E-state index in [2.05, 4.69) is 4.98 Å². The summed E-state index contributed by atoms with van der Waals surface area (Å²) in [4.78, 5) is 6.58. The Hall–Kier alpha value is -1.42. The minimum Gasteiger partial charge on any atom is -0.345 e. The fourth-order valence-electron chi connectivity index (χ4n) is 3.17. The minimum atomic E-state index is -3.80. The topological polar surface area (TPSA) is 53.5 Å². The van der Waals surface area contributed by atoms with Crippen LogP contribution >= 0.6 is 46.1 Å². The molecule has 0 atom stereocenters. The van der Waals surface area contributed by atoms with Crippen molar-refractivity contribution < 1.29 is 12.8 Å². The predicted molar refractivity (Wildman–Crippen MR) is 120 cm³/mol. The lowest BCUT2D eigenvalue weighted by Gasteiger charge is -2.33. The normalized spacial score (nSPS) is 15.5. The average Bonchev–Trinajstić information content (AvgIpc) is 3.17. The van der Waals surface area contributed by atoms with Crippen molar-refractivity contribution in [3.8, 4) is 11.3 Å². The van der Waals surface area contributed by atoms with E-state index in [0.717, 1.165) is 28.5 Å². The van der Waals surface area contributed by atoms with Crippen LogP contribution in [0.3, 0.4) is 0 Å². The highest BCUT2D eigenvalue weighted by Gasteiger charge is 2.31. The molecule has 1 aliphatic rings. The van der Waals surface area contributed by atoms with Crippen molar-refractivity contribution in [1.82, 2.24) is 9.29 Å². The molecule has 4 rings (SSSR count). The Morgan fingerprint density at radius 1 is 0.967 bits per heavy atom. The first kappa shape index (κ1) is 21.8. The molecular formula is C19H15Cl3FN3O2S2. The van der Waals surface area contributed by atoms with Gasteiger partial charge in [-0.05, 0) is 36.4 Å². The van der Waals surface area contributed by atoms with Crippen molar-refractivity contribution in [2.75, 3.05) is 31.1 Å². The number of anilines is 1. The second-order valence-corrected chi connectivity index (χ2v) is 10.6. The van der Waals surface area contributed by atoms with E-state index >= 15 is 0 Å². The molecule has 0 amide bonds. The zero-order chi connectivity index (χ0) is 21.5. The van der Waals surface area contributed by atoms with Crippen molar-refractivity contribution in [1.29, 1.82) is 0 Å². The first-order valence-corrected chi connectivity index (χ1v) is 12.3. The summed E-state index contributed by atoms with van der Waals surface area (Å²) in [5.41, 5.74) is 1.53. The number of hydrogen-bond donors (Lipinski definition) is 0. The Balaban J connectivity index is 1.48. The number of benzene rings is 2. The second kappa shape index (κ2) is 8.61. The highest BCUT2D eigenvalue weighted by atomic mass is 35.5. The molecule has 158 valence electrons. The Labute approximate surface area is 192 Å². The van der Waals surface area contributed by atoms with Gasteiger partial charge in [0.1, 0.15) is 10.7 Å². The molecule has 0 aliphatic carbocycles. The van der Waals surface area contributed by atoms with Crippen molar-refractivity contribution in [2.45, 2.75) is 4.90 Å². The number of thiazole rings is 1. The standard InChI is InChI=1S/C19H15Cl3FN3O2S2/c20-12-1-3-14(15(21)9-12)17-11-29-19(24-17)25-5-7-26(8-6-25)30(27,28)18-4-2-13(23)10-16(18)22/h1-4,9-11H,5-8H2. The van der Waals surface area contributed by atoms with Crippen LogP contribution in [-0.4, -0.2) is 43.9 Å². The third-order valence-corrected chi connectivity index (χ3v) is 8.55. The summed E-state index contributed by atoms with van der Waals surface area (Å²) in [6, 6.07) is 8.54. The summed E-state index contributed by atoms with van der Waals surface area (Å²) in [5.74, 6) is -0.580. The molecule has 2 heterocycles. The molecule has 0 bridgehead atoms. The Bertz CT molecular complexity index is 1200. The molecule has 11 heteroatoms. The Kier molecular flexibility index (Phi) is 6.25. The highest BCUT2D eigenvalue weighted by molar-refractivity contribution is 7.89. The lowest BCUT2D eigenvalue weighted by atomic mass is 10.2. The van der Waals surface area contributed by atoms with Crippen LogP contribution in [0.1, 0.15) is 0 Å². The summed E-state index contributed by atoms with van der Waals surface area (Å²) in [5, 5.41) is 3.64. The Morgan fingerprint density at radius 3 is 2.37 bits per heavy atom. The average molecular weight is 507 g/mol. The van der Waals surface area contributed by atoms with Gasteiger partial charge in [-0.3, -0.25) is 0 Å². The monoisotopic (exact) mass is 505 g/mol. The van der Waals surface area contributed by atoms with E-state index in [9.17, 15) is 12.8 Å². The van der Waals surface area contributed by atoms with Gasteiger partial charge >= 0.3 is 0 Å². The summed E-state index contributed by atoms with van der Waals surface area (Å²) in [6.07, 6.45) is 0. The summed E-state index contributed by atoms with van der Waals surface area (Å²) >= 11 is 19.6. The van der Waals surface area contributed by atoms with E-state index in [1.165, 1.54) is 21.7 Å². The molecule has 1 aliphatic heterocycles. The largest absolute Gasteiger partial charge is 0.345 e. The van der Waals surface area contributed by atoms with Crippen molar-refractivity contribution in [2.24, 2.45) is 0 Å². The fraction of sp³-hybridized carbons (Fsp3) is 0.211. The molecule has 0 radical (unpaired) electrons. The van der Waals surface area contributed by atoms with Gasteiger partial charge in [-0.25, -0.2) is 17.8 Å². The predicted octanol–water partition coefficient (Wildman–Crippen LogP) is 5.42. The lowest BCUT2D eigenvalue weighted by molar-refractivity contribution is 0.384. The van der Waals surface area contributed by atoms with Gasteiger partial charge in [0.15, 0.2) is 5.13 Å². The Morgan fingerprint density at radius 2 is 1.70 bits per heavy atom. The SMILES string of the molecule is O=S(=O)(c1ccc(F)cc1Cl)N1CCN(c2nc(-c3ccc(Cl)cc3Cl)cs2)CC1. The number of rotatable bonds is 4. The van der Waals surface area contributed by atoms with Gasteiger partial charge in [0, 0.05) is 42.1 Å². The first-order chi connectivity index (χ1) is 14.3. The van der Waals surface area contributed by atoms with E-state index in [4.69, 9.17) is 34.8 Å². The number of piperazine rings is 1. The molecule has 1 fully saturated rings. The molecule has 5 nitrogen and oxygen atoms in total. The smallest absolute Gasteiger partial charge is 0.244 e. The summed E-state index contributed by atoms with van der Waals surface area (Å²) in [7, 11) is -3.80. The molecule has 0 unspecified atom stereocenters. The van der Waals surface area contributed by atoms with Gasteiger partial charge in [-0.2, -0.15) is 4.31 Å². The highest BCUT2D eigenvalue weighted by Crippen LogP contribution is 2.34. The van der Waals surface area contributed by atoms with Crippen LogP contribution in [0.2, 0.25) is 15.1 Å². The first-order valence-electron chi connectivity index (χ1n) is 8.87. The molecule has 0 spiro atoms. The van der Waals surface area contributed by atoms with E-state index in [-0.39, 0.29) is 23.0 Å². The molecular weight excluding hydrogens is 492 g/mol. The van der Waals surface area contributed by atoms with E-state index in [1.54, 1.807) is 12.1 Å². The summed E-state index contributed by atoms with van der Waals surface area (Å²) < 4.78 is 40.4. The molecule has 2 aromatic carbocycles. The third-order valence-electron chi connectivity index (χ3n) is 4.72. The van der Waals surface area contributed by atoms with Gasteiger partial charge in [0.25, 0.3) is 0 Å². The van der Waals surface area contributed by atoms with Crippen molar-refractivity contribution in [3.63, 3.8) is 0 Å². The van der Waals surface area contributed by atoms with Crippen LogP contribution < -0.4 is 4.90 Å². The second-order valence-electron chi connectivity index (χ2n) is 6.61. The van der Waals surface area contributed by atoms with Crippen LogP contribution in [0.4, 0.5) is 9.52 Å². The maximum absolute atomic E-state index is 13.3. The third kappa shape index (κ3) is 4.30. The molecule has 0 saturated carbocycles. The van der Waals surface area contributed by atoms with Gasteiger partial charge in [0.05, 0.1) is 15.7 Å². The number of halogens is 4. The van der Waals surface area contributed by atoms with E-state index in [0.29, 0.717) is 23.1 Å². The summed E-state index contributed by atoms with van der Waals surface area (Å²) in [6.45, 7) is 1.48. The van der Waals surface area contributed by atoms with Gasteiger partial charge in [-0.15, -0.1) is 11.3 Å². The van der Waals surface area contributed by atoms with Gasteiger partial charge in [-0.1, -0.05) is 34.8 Å². The van der Waals surface area contributed by atoms with E-state index in [1.807, 2.05) is 16.3 Å². The number of hydrogen-bond acceptors (Lipinski definition) is 5. The number of nitrogens with zero attached hydrogens (tertiary/aromatic N) is 3. The quantitative estimate of drug-likeness (QED) is 0.474. The zero-order valence-electron chi connectivity index (χ0n) is 15.4. The van der Waals surface area contributed by atoms with Crippen molar-refractivity contribution >= 4 is 61.3 Å². The molecule has 0 N–H and O–H groups in total. The fourth-order valence-corrected chi connectivity index (χ4v) is 6.49. The van der Waals surface area contributed by atoms with Crippen molar-refractivity contribution in [3.05, 3.63) is 62.7 Å². The van der Waals surface area contributed by atoms with Gasteiger partial charge in [0.2, 0.25) is 10.0 Å².